The topological polar surface area (TPSA) is 110 Å². The molecule has 1 amide bonds. The fourth-order valence-corrected chi connectivity index (χ4v) is 2.44. The number of methoxy groups -OCH3 is 1. The summed E-state index contributed by atoms with van der Waals surface area (Å²) >= 11 is 0. The highest BCUT2D eigenvalue weighted by molar-refractivity contribution is 5.92. The summed E-state index contributed by atoms with van der Waals surface area (Å²) in [4.78, 5) is 39.7. The van der Waals surface area contributed by atoms with Gasteiger partial charge in [0.15, 0.2) is 5.75 Å². The van der Waals surface area contributed by atoms with Gasteiger partial charge in [-0.3, -0.25) is 9.59 Å². The number of amides is 1. The smallest absolute Gasteiger partial charge is 0.316 e. The number of nitrogens with zero attached hydrogens (tertiary/aromatic N) is 4. The van der Waals surface area contributed by atoms with Gasteiger partial charge in [0.1, 0.15) is 11.8 Å². The fraction of sp³-hybridized carbons (Fsp3) is 0.400. The minimum Gasteiger partial charge on any atom is -0.494 e. The van der Waals surface area contributed by atoms with Crippen LogP contribution in [0.4, 0.5) is 0 Å². The van der Waals surface area contributed by atoms with Crippen molar-refractivity contribution in [2.45, 2.75) is 18.9 Å². The fourth-order valence-electron chi connectivity index (χ4n) is 2.44. The predicted octanol–water partition coefficient (Wildman–Crippen LogP) is 0.252. The SMILES string of the molecule is COc1cnc(OC2CCN(C(=O)c3cc(=O)[nH]cn3)CC2)nc1. The molecular weight excluding hydrogens is 314 g/mol. The normalized spacial score (nSPS) is 15.1. The maximum absolute atomic E-state index is 12.3. The van der Waals surface area contributed by atoms with Crippen LogP contribution in [-0.4, -0.2) is 57.0 Å². The van der Waals surface area contributed by atoms with E-state index in [1.165, 1.54) is 12.4 Å². The maximum atomic E-state index is 12.3. The Morgan fingerprint density at radius 2 is 1.96 bits per heavy atom. The Balaban J connectivity index is 1.55. The molecule has 0 radical (unpaired) electrons. The van der Waals surface area contributed by atoms with Gasteiger partial charge in [-0.25, -0.2) is 4.98 Å². The highest BCUT2D eigenvalue weighted by Gasteiger charge is 2.26. The highest BCUT2D eigenvalue weighted by Crippen LogP contribution is 2.18. The predicted molar refractivity (Wildman–Crippen MR) is 83.0 cm³/mol. The van der Waals surface area contributed by atoms with Gasteiger partial charge in [-0.15, -0.1) is 0 Å². The van der Waals surface area contributed by atoms with E-state index in [-0.39, 0.29) is 29.3 Å². The molecule has 0 bridgehead atoms. The van der Waals surface area contributed by atoms with Crippen molar-refractivity contribution in [1.29, 1.82) is 0 Å². The van der Waals surface area contributed by atoms with Crippen LogP contribution in [0, 0.1) is 0 Å². The minimum atomic E-state index is -0.344. The van der Waals surface area contributed by atoms with E-state index in [2.05, 4.69) is 19.9 Å². The lowest BCUT2D eigenvalue weighted by Crippen LogP contribution is -2.42. The van der Waals surface area contributed by atoms with Gasteiger partial charge in [0.05, 0.1) is 25.8 Å². The molecule has 2 aromatic heterocycles. The second kappa shape index (κ2) is 7.07. The molecule has 24 heavy (non-hydrogen) atoms. The Morgan fingerprint density at radius 1 is 1.25 bits per heavy atom. The molecule has 1 aliphatic rings. The molecule has 3 rings (SSSR count). The second-order valence-electron chi connectivity index (χ2n) is 5.31. The molecule has 1 saturated heterocycles. The number of rotatable bonds is 4. The van der Waals surface area contributed by atoms with Crippen molar-refractivity contribution in [3.05, 3.63) is 40.8 Å². The number of aromatic nitrogens is 4. The molecule has 9 nitrogen and oxygen atoms in total. The molecule has 0 aromatic carbocycles. The van der Waals surface area contributed by atoms with Crippen molar-refractivity contribution < 1.29 is 14.3 Å². The van der Waals surface area contributed by atoms with Gasteiger partial charge in [0.25, 0.3) is 11.5 Å². The van der Waals surface area contributed by atoms with Crippen molar-refractivity contribution in [3.63, 3.8) is 0 Å². The van der Waals surface area contributed by atoms with Crippen LogP contribution in [0.2, 0.25) is 0 Å². The molecule has 0 saturated carbocycles. The molecule has 0 spiro atoms. The van der Waals surface area contributed by atoms with Gasteiger partial charge in [-0.05, 0) is 0 Å². The Morgan fingerprint density at radius 3 is 2.58 bits per heavy atom. The number of likely N-dealkylation sites (tertiary alicyclic amines) is 1. The molecule has 0 atom stereocenters. The van der Waals surface area contributed by atoms with Gasteiger partial charge in [-0.1, -0.05) is 0 Å². The second-order valence-corrected chi connectivity index (χ2v) is 5.31. The third-order valence-corrected chi connectivity index (χ3v) is 3.74. The summed E-state index contributed by atoms with van der Waals surface area (Å²) in [6.07, 6.45) is 5.56. The average molecular weight is 331 g/mol. The Bertz CT molecular complexity index is 753. The summed E-state index contributed by atoms with van der Waals surface area (Å²) in [6.45, 7) is 1.04. The zero-order valence-corrected chi connectivity index (χ0v) is 13.1. The number of ether oxygens (including phenoxy) is 2. The van der Waals surface area contributed by atoms with Crippen LogP contribution in [0.3, 0.4) is 0 Å². The van der Waals surface area contributed by atoms with Gasteiger partial charge >= 0.3 is 6.01 Å². The van der Waals surface area contributed by atoms with E-state index < -0.39 is 0 Å². The third kappa shape index (κ3) is 3.67. The summed E-state index contributed by atoms with van der Waals surface area (Å²) in [5.41, 5.74) is -0.195. The van der Waals surface area contributed by atoms with E-state index in [9.17, 15) is 9.59 Å². The lowest BCUT2D eigenvalue weighted by molar-refractivity contribution is 0.0572. The van der Waals surface area contributed by atoms with Gasteiger partial charge in [-0.2, -0.15) is 9.97 Å². The van der Waals surface area contributed by atoms with E-state index in [4.69, 9.17) is 9.47 Å². The van der Waals surface area contributed by atoms with Crippen molar-refractivity contribution in [2.24, 2.45) is 0 Å². The summed E-state index contributed by atoms with van der Waals surface area (Å²) < 4.78 is 10.7. The first kappa shape index (κ1) is 15.9. The zero-order valence-electron chi connectivity index (χ0n) is 13.1. The summed E-state index contributed by atoms with van der Waals surface area (Å²) in [7, 11) is 1.54. The van der Waals surface area contributed by atoms with Crippen LogP contribution in [-0.2, 0) is 0 Å². The number of piperidine rings is 1. The molecule has 1 aliphatic heterocycles. The summed E-state index contributed by atoms with van der Waals surface area (Å²) in [5, 5.41) is 0. The molecular formula is C15H17N5O4. The first-order chi connectivity index (χ1) is 11.7. The van der Waals surface area contributed by atoms with E-state index in [1.54, 1.807) is 24.4 Å². The molecule has 0 unspecified atom stereocenters. The molecule has 3 heterocycles. The molecule has 0 aliphatic carbocycles. The van der Waals surface area contributed by atoms with Crippen LogP contribution in [0.5, 0.6) is 11.8 Å². The van der Waals surface area contributed by atoms with Crippen LogP contribution in [0.1, 0.15) is 23.3 Å². The van der Waals surface area contributed by atoms with Crippen molar-refractivity contribution in [3.8, 4) is 11.8 Å². The third-order valence-electron chi connectivity index (χ3n) is 3.74. The zero-order chi connectivity index (χ0) is 16.9. The first-order valence-corrected chi connectivity index (χ1v) is 7.52. The average Bonchev–Trinajstić information content (AvgIpc) is 2.62. The number of carbonyl (C=O) groups excluding carboxylic acids is 1. The van der Waals surface area contributed by atoms with Crippen LogP contribution < -0.4 is 15.0 Å². The van der Waals surface area contributed by atoms with Crippen molar-refractivity contribution >= 4 is 5.91 Å². The van der Waals surface area contributed by atoms with Crippen molar-refractivity contribution in [1.82, 2.24) is 24.8 Å². The standard InChI is InChI=1S/C15H17N5O4/c1-23-11-7-16-15(17-8-11)24-10-2-4-20(5-3-10)14(22)12-6-13(21)19-9-18-12/h6-10H,2-5H2,1H3,(H,18,19,21). The lowest BCUT2D eigenvalue weighted by Gasteiger charge is -2.31. The first-order valence-electron chi connectivity index (χ1n) is 7.52. The minimum absolute atomic E-state index is 0.0606. The maximum Gasteiger partial charge on any atom is 0.316 e. The Kier molecular flexibility index (Phi) is 4.69. The Hall–Kier alpha value is -2.97. The van der Waals surface area contributed by atoms with Crippen LogP contribution in [0.25, 0.3) is 0 Å². The molecule has 126 valence electrons. The van der Waals surface area contributed by atoms with Crippen LogP contribution in [0.15, 0.2) is 29.6 Å². The summed E-state index contributed by atoms with van der Waals surface area (Å²) in [6, 6.07) is 1.49. The molecule has 2 aromatic rings. The Labute approximate surface area is 137 Å². The highest BCUT2D eigenvalue weighted by atomic mass is 16.5. The van der Waals surface area contributed by atoms with E-state index in [1.807, 2.05) is 0 Å². The largest absolute Gasteiger partial charge is 0.494 e. The number of hydrogen-bond acceptors (Lipinski definition) is 7. The number of aromatic amines is 1. The van der Waals surface area contributed by atoms with Gasteiger partial charge in [0, 0.05) is 32.0 Å². The van der Waals surface area contributed by atoms with Gasteiger partial charge in [0.2, 0.25) is 0 Å². The number of carbonyl (C=O) groups is 1. The number of hydrogen-bond donors (Lipinski definition) is 1. The van der Waals surface area contributed by atoms with E-state index in [0.717, 1.165) is 0 Å². The summed E-state index contributed by atoms with van der Waals surface area (Å²) in [5.74, 6) is 0.313. The number of nitrogens with one attached hydrogen (secondary N) is 1. The molecule has 1 N–H and O–H groups in total. The number of H-pyrrole nitrogens is 1. The lowest BCUT2D eigenvalue weighted by atomic mass is 10.1. The molecule has 9 heteroatoms. The quantitative estimate of drug-likeness (QED) is 0.855. The monoisotopic (exact) mass is 331 g/mol. The van der Waals surface area contributed by atoms with E-state index >= 15 is 0 Å². The molecule has 1 fully saturated rings. The van der Waals surface area contributed by atoms with Gasteiger partial charge < -0.3 is 19.4 Å². The van der Waals surface area contributed by atoms with Crippen LogP contribution >= 0.6 is 0 Å². The van der Waals surface area contributed by atoms with Crippen molar-refractivity contribution in [2.75, 3.05) is 20.2 Å². The van der Waals surface area contributed by atoms with E-state index in [0.29, 0.717) is 31.7 Å².